The van der Waals surface area contributed by atoms with Crippen molar-refractivity contribution in [1.82, 2.24) is 15.5 Å². The maximum Gasteiger partial charge on any atom is 0.227 e. The molecule has 4 rings (SSSR count). The second-order valence-corrected chi connectivity index (χ2v) is 9.85. The zero-order valence-electron chi connectivity index (χ0n) is 18.2. The zero-order valence-corrected chi connectivity index (χ0v) is 19.0. The van der Waals surface area contributed by atoms with Crippen LogP contribution < -0.4 is 15.5 Å². The number of hydrogen-bond donors (Lipinski definition) is 2. The Morgan fingerprint density at radius 3 is 2.43 bits per heavy atom. The number of nitrogens with one attached hydrogen (secondary N) is 2. The highest BCUT2D eigenvalue weighted by atomic mass is 32.2. The van der Waals surface area contributed by atoms with Crippen molar-refractivity contribution < 1.29 is 4.79 Å². The van der Waals surface area contributed by atoms with Crippen molar-refractivity contribution >= 4 is 29.3 Å². The number of aliphatic imine (C=N–C) groups is 1. The number of amides is 1. The zero-order chi connectivity index (χ0) is 20.8. The topological polar surface area (TPSA) is 60.0 Å². The predicted octanol–water partition coefficient (Wildman–Crippen LogP) is 2.84. The summed E-state index contributed by atoms with van der Waals surface area (Å²) in [5.41, 5.74) is 2.49. The number of nitrogens with zero attached hydrogens (tertiary/aromatic N) is 3. The van der Waals surface area contributed by atoms with Crippen molar-refractivity contribution in [1.29, 1.82) is 0 Å². The average molecular weight is 430 g/mol. The Balaban J connectivity index is 1.30. The van der Waals surface area contributed by atoms with Crippen LogP contribution in [0.3, 0.4) is 0 Å². The predicted molar refractivity (Wildman–Crippen MR) is 126 cm³/mol. The fourth-order valence-corrected chi connectivity index (χ4v) is 5.95. The Hall–Kier alpha value is -1.73. The van der Waals surface area contributed by atoms with Crippen molar-refractivity contribution in [3.8, 4) is 0 Å². The standard InChI is InChI=1S/C23H35N5OS/c1-24-22(26-18-23(10-2-3-11-23)27-13-15-30-16-14-27)25-17-19-6-8-20(9-7-19)28-12-4-5-21(28)29/h6-9H,2-5,10-18H2,1H3,(H2,24,25,26). The van der Waals surface area contributed by atoms with E-state index in [4.69, 9.17) is 0 Å². The molecule has 3 aliphatic rings. The third-order valence-corrected chi connectivity index (χ3v) is 7.75. The summed E-state index contributed by atoms with van der Waals surface area (Å²) in [6, 6.07) is 8.31. The Bertz CT molecular complexity index is 738. The molecule has 3 fully saturated rings. The van der Waals surface area contributed by atoms with E-state index in [-0.39, 0.29) is 5.91 Å². The van der Waals surface area contributed by atoms with Crippen molar-refractivity contribution in [2.45, 2.75) is 50.6 Å². The van der Waals surface area contributed by atoms with Gasteiger partial charge in [-0.2, -0.15) is 11.8 Å². The molecular formula is C23H35N5OS. The van der Waals surface area contributed by atoms with E-state index in [1.165, 1.54) is 55.8 Å². The first-order valence-electron chi connectivity index (χ1n) is 11.4. The second kappa shape index (κ2) is 10.1. The second-order valence-electron chi connectivity index (χ2n) is 8.63. The molecule has 1 saturated carbocycles. The fourth-order valence-electron chi connectivity index (χ4n) is 5.05. The number of carbonyl (C=O) groups is 1. The van der Waals surface area contributed by atoms with E-state index < -0.39 is 0 Å². The molecule has 0 aromatic heterocycles. The Morgan fingerprint density at radius 2 is 1.80 bits per heavy atom. The average Bonchev–Trinajstić information content (AvgIpc) is 3.45. The summed E-state index contributed by atoms with van der Waals surface area (Å²) in [6.07, 6.45) is 6.88. The highest BCUT2D eigenvalue weighted by Gasteiger charge is 2.39. The van der Waals surface area contributed by atoms with Gasteiger partial charge in [0.15, 0.2) is 5.96 Å². The number of rotatable bonds is 6. The first-order valence-corrected chi connectivity index (χ1v) is 12.5. The number of thioether (sulfide) groups is 1. The van der Waals surface area contributed by atoms with Crippen LogP contribution in [-0.4, -0.2) is 67.0 Å². The largest absolute Gasteiger partial charge is 0.355 e. The molecule has 1 aliphatic carbocycles. The van der Waals surface area contributed by atoms with Crippen molar-refractivity contribution in [2.24, 2.45) is 4.99 Å². The van der Waals surface area contributed by atoms with Crippen LogP contribution in [0.25, 0.3) is 0 Å². The van der Waals surface area contributed by atoms with Crippen LogP contribution in [0.1, 0.15) is 44.1 Å². The third kappa shape index (κ3) is 4.94. The van der Waals surface area contributed by atoms with Gasteiger partial charge in [0.1, 0.15) is 0 Å². The summed E-state index contributed by atoms with van der Waals surface area (Å²) < 4.78 is 0. The molecule has 1 amide bonds. The summed E-state index contributed by atoms with van der Waals surface area (Å²) in [6.45, 7) is 4.95. The molecule has 0 atom stereocenters. The molecule has 1 aromatic carbocycles. The lowest BCUT2D eigenvalue weighted by molar-refractivity contribution is -0.117. The number of hydrogen-bond acceptors (Lipinski definition) is 4. The summed E-state index contributed by atoms with van der Waals surface area (Å²) in [5.74, 6) is 3.62. The molecule has 6 nitrogen and oxygen atoms in total. The van der Waals surface area contributed by atoms with E-state index in [1.54, 1.807) is 0 Å². The van der Waals surface area contributed by atoms with Crippen LogP contribution in [0.2, 0.25) is 0 Å². The van der Waals surface area contributed by atoms with Gasteiger partial charge in [-0.05, 0) is 37.0 Å². The summed E-state index contributed by atoms with van der Waals surface area (Å²) in [5, 5.41) is 7.08. The van der Waals surface area contributed by atoms with Gasteiger partial charge in [0, 0.05) is 68.9 Å². The fraction of sp³-hybridized carbons (Fsp3) is 0.652. The summed E-state index contributed by atoms with van der Waals surface area (Å²) >= 11 is 2.08. The Kier molecular flexibility index (Phi) is 7.20. The minimum absolute atomic E-state index is 0.235. The van der Waals surface area contributed by atoms with Gasteiger partial charge in [-0.1, -0.05) is 25.0 Å². The van der Waals surface area contributed by atoms with Crippen molar-refractivity contribution in [3.63, 3.8) is 0 Å². The normalized spacial score (nSPS) is 22.5. The Labute approximate surface area is 184 Å². The number of anilines is 1. The van der Waals surface area contributed by atoms with Crippen LogP contribution in [0.5, 0.6) is 0 Å². The lowest BCUT2D eigenvalue weighted by Crippen LogP contribution is -2.57. The molecule has 0 radical (unpaired) electrons. The van der Waals surface area contributed by atoms with Crippen molar-refractivity contribution in [3.05, 3.63) is 29.8 Å². The summed E-state index contributed by atoms with van der Waals surface area (Å²) in [7, 11) is 1.84. The molecule has 2 N–H and O–H groups in total. The van der Waals surface area contributed by atoms with Crippen LogP contribution in [0, 0.1) is 0 Å². The molecule has 2 aliphatic heterocycles. The van der Waals surface area contributed by atoms with Crippen LogP contribution in [-0.2, 0) is 11.3 Å². The molecule has 0 spiro atoms. The first kappa shape index (κ1) is 21.5. The van der Waals surface area contributed by atoms with Gasteiger partial charge < -0.3 is 15.5 Å². The van der Waals surface area contributed by atoms with Gasteiger partial charge in [0.2, 0.25) is 5.91 Å². The third-order valence-electron chi connectivity index (χ3n) is 6.81. The minimum atomic E-state index is 0.235. The molecule has 0 bridgehead atoms. The Morgan fingerprint density at radius 1 is 1.07 bits per heavy atom. The number of guanidine groups is 1. The minimum Gasteiger partial charge on any atom is -0.355 e. The lowest BCUT2D eigenvalue weighted by Gasteiger charge is -2.43. The van der Waals surface area contributed by atoms with Gasteiger partial charge in [-0.15, -0.1) is 0 Å². The molecule has 2 saturated heterocycles. The van der Waals surface area contributed by atoms with E-state index >= 15 is 0 Å². The van der Waals surface area contributed by atoms with Gasteiger partial charge >= 0.3 is 0 Å². The van der Waals surface area contributed by atoms with E-state index in [0.29, 0.717) is 12.0 Å². The molecule has 164 valence electrons. The molecule has 7 heteroatoms. The molecule has 2 heterocycles. The van der Waals surface area contributed by atoms with E-state index in [9.17, 15) is 4.79 Å². The quantitative estimate of drug-likeness (QED) is 0.538. The van der Waals surface area contributed by atoms with Crippen molar-refractivity contribution in [2.75, 3.05) is 49.6 Å². The van der Waals surface area contributed by atoms with E-state index in [0.717, 1.165) is 37.7 Å². The molecule has 30 heavy (non-hydrogen) atoms. The van der Waals surface area contributed by atoms with Crippen LogP contribution >= 0.6 is 11.8 Å². The first-order chi connectivity index (χ1) is 14.7. The van der Waals surface area contributed by atoms with Gasteiger partial charge in [-0.25, -0.2) is 0 Å². The maximum absolute atomic E-state index is 11.9. The van der Waals surface area contributed by atoms with E-state index in [1.807, 2.05) is 11.9 Å². The number of benzene rings is 1. The highest BCUT2D eigenvalue weighted by molar-refractivity contribution is 7.99. The van der Waals surface area contributed by atoms with Gasteiger partial charge in [0.25, 0.3) is 0 Å². The van der Waals surface area contributed by atoms with Gasteiger partial charge in [0.05, 0.1) is 0 Å². The van der Waals surface area contributed by atoms with E-state index in [2.05, 4.69) is 56.6 Å². The van der Waals surface area contributed by atoms with Crippen LogP contribution in [0.4, 0.5) is 5.69 Å². The monoisotopic (exact) mass is 429 g/mol. The molecule has 0 unspecified atom stereocenters. The van der Waals surface area contributed by atoms with Gasteiger partial charge in [-0.3, -0.25) is 14.7 Å². The van der Waals surface area contributed by atoms with Crippen LogP contribution in [0.15, 0.2) is 29.3 Å². The molecular weight excluding hydrogens is 394 g/mol. The SMILES string of the molecule is CN=C(NCc1ccc(N2CCCC2=O)cc1)NCC1(N2CCSCC2)CCCC1. The highest BCUT2D eigenvalue weighted by Crippen LogP contribution is 2.36. The lowest BCUT2D eigenvalue weighted by atomic mass is 9.94. The summed E-state index contributed by atoms with van der Waals surface area (Å²) in [4.78, 5) is 21.0. The smallest absolute Gasteiger partial charge is 0.227 e. The molecule has 1 aromatic rings. The maximum atomic E-state index is 11.9. The number of carbonyl (C=O) groups excluding carboxylic acids is 1.